The molecule has 1 aromatic heterocycles. The van der Waals surface area contributed by atoms with Crippen molar-refractivity contribution in [1.82, 2.24) is 10.5 Å². The summed E-state index contributed by atoms with van der Waals surface area (Å²) in [5.41, 5.74) is 4.33. The lowest BCUT2D eigenvalue weighted by atomic mass is 10.3. The van der Waals surface area contributed by atoms with Crippen LogP contribution in [-0.4, -0.2) is 14.0 Å². The Kier molecular flexibility index (Phi) is 3.66. The largest absolute Gasteiger partial charge is 0.326 e. The highest BCUT2D eigenvalue weighted by atomic mass is 28.3. The van der Waals surface area contributed by atoms with Crippen molar-refractivity contribution in [2.75, 3.05) is 0 Å². The zero-order valence-corrected chi connectivity index (χ0v) is 9.10. The number of hydrogen-bond acceptors (Lipinski definition) is 3. The van der Waals surface area contributed by atoms with Gasteiger partial charge >= 0.3 is 0 Å². The molecule has 3 nitrogen and oxygen atoms in total. The van der Waals surface area contributed by atoms with E-state index in [2.05, 4.69) is 30.1 Å². The minimum atomic E-state index is -1.05. The van der Waals surface area contributed by atoms with Crippen LogP contribution in [0.3, 0.4) is 0 Å². The summed E-state index contributed by atoms with van der Waals surface area (Å²) in [4.78, 5) is 4.13. The summed E-state index contributed by atoms with van der Waals surface area (Å²) in [5, 5.41) is 0. The summed E-state index contributed by atoms with van der Waals surface area (Å²) in [6, 6.07) is 5.68. The molecule has 4 heteroatoms. The molecule has 0 aliphatic heterocycles. The second-order valence-electron chi connectivity index (χ2n) is 2.96. The first-order valence-electron chi connectivity index (χ1n) is 4.22. The summed E-state index contributed by atoms with van der Waals surface area (Å²) < 4.78 is 5.31. The summed E-state index contributed by atoms with van der Waals surface area (Å²) in [6.45, 7) is 7.98. The maximum Gasteiger partial charge on any atom is 0.208 e. The summed E-state index contributed by atoms with van der Waals surface area (Å²) >= 11 is 0. The molecule has 0 bridgehead atoms. The third-order valence-corrected chi connectivity index (χ3v) is 1.98. The number of nitrogens with one attached hydrogen (secondary N) is 1. The van der Waals surface area contributed by atoms with Gasteiger partial charge in [-0.1, -0.05) is 12.6 Å². The molecule has 70 valence electrons. The van der Waals surface area contributed by atoms with Gasteiger partial charge in [-0.3, -0.25) is 10.5 Å². The van der Waals surface area contributed by atoms with Crippen LogP contribution in [0.5, 0.6) is 0 Å². The van der Waals surface area contributed by atoms with E-state index >= 15 is 0 Å². The lowest BCUT2D eigenvalue weighted by molar-refractivity contribution is 0.258. The van der Waals surface area contributed by atoms with E-state index in [-0.39, 0.29) is 0 Å². The molecule has 0 unspecified atom stereocenters. The second kappa shape index (κ2) is 4.79. The Hall–Kier alpha value is -1.13. The summed E-state index contributed by atoms with van der Waals surface area (Å²) in [6.07, 6.45) is 1.73. The van der Waals surface area contributed by atoms with Gasteiger partial charge < -0.3 is 4.53 Å². The summed E-state index contributed by atoms with van der Waals surface area (Å²) in [5.74, 6) is 0. The van der Waals surface area contributed by atoms with Gasteiger partial charge in [-0.15, -0.1) is 0 Å². The van der Waals surface area contributed by atoms with E-state index in [1.54, 1.807) is 6.20 Å². The number of rotatable bonds is 4. The van der Waals surface area contributed by atoms with E-state index in [1.807, 2.05) is 18.2 Å². The van der Waals surface area contributed by atoms with Crippen LogP contribution < -0.4 is 5.48 Å². The maximum atomic E-state index is 5.31. The van der Waals surface area contributed by atoms with Crippen molar-refractivity contribution in [3.05, 3.63) is 36.7 Å². The predicted molar refractivity (Wildman–Crippen MR) is 56.4 cm³/mol. The number of pyridine rings is 1. The number of hydroxylamine groups is 1. The van der Waals surface area contributed by atoms with Gasteiger partial charge in [-0.25, -0.2) is 0 Å². The van der Waals surface area contributed by atoms with Crippen molar-refractivity contribution in [2.24, 2.45) is 0 Å². The average Bonchev–Trinajstić information content (AvgIpc) is 2.15. The Morgan fingerprint density at radius 2 is 2.31 bits per heavy atom. The molecule has 0 saturated carbocycles. The van der Waals surface area contributed by atoms with Gasteiger partial charge in [0.05, 0.1) is 11.4 Å². The lowest BCUT2D eigenvalue weighted by Gasteiger charge is -2.10. The summed E-state index contributed by atoms with van der Waals surface area (Å²) in [7, 11) is -1.05. The Morgan fingerprint density at radius 1 is 1.54 bits per heavy atom. The van der Waals surface area contributed by atoms with Crippen molar-refractivity contribution in [1.29, 1.82) is 0 Å². The molecular formula is C9H14N2OSi. The van der Waals surface area contributed by atoms with Crippen LogP contribution in [0.4, 0.5) is 0 Å². The number of aromatic nitrogens is 1. The highest BCUT2D eigenvalue weighted by Crippen LogP contribution is 2.04. The normalized spacial score (nSPS) is 10.1. The van der Waals surface area contributed by atoms with E-state index in [4.69, 9.17) is 4.53 Å². The monoisotopic (exact) mass is 194 g/mol. The van der Waals surface area contributed by atoms with Gasteiger partial charge in [0.15, 0.2) is 0 Å². The Bertz CT molecular complexity index is 274. The molecule has 13 heavy (non-hydrogen) atoms. The van der Waals surface area contributed by atoms with Crippen LogP contribution in [0, 0.1) is 0 Å². The second-order valence-corrected chi connectivity index (χ2v) is 5.30. The van der Waals surface area contributed by atoms with Crippen LogP contribution in [-0.2, 0) is 4.53 Å². The smallest absolute Gasteiger partial charge is 0.208 e. The molecule has 0 spiro atoms. The predicted octanol–water partition coefficient (Wildman–Crippen LogP) is 1.56. The van der Waals surface area contributed by atoms with Gasteiger partial charge in [0.1, 0.15) is 0 Å². The first kappa shape index (κ1) is 9.95. The molecule has 0 radical (unpaired) electrons. The van der Waals surface area contributed by atoms with E-state index in [9.17, 15) is 0 Å². The fourth-order valence-electron chi connectivity index (χ4n) is 0.783. The highest BCUT2D eigenvalue weighted by Gasteiger charge is 2.00. The minimum absolute atomic E-state index is 0.710. The molecule has 0 saturated heterocycles. The standard InChI is InChI=1S/C9H14N2OSi/c1-8(11-12-13(2)3)9-6-4-5-7-10-9/h4-7,11,13H,1H2,2-3H3. The molecule has 1 rings (SSSR count). The maximum absolute atomic E-state index is 5.31. The number of nitrogens with zero attached hydrogens (tertiary/aromatic N) is 1. The van der Waals surface area contributed by atoms with Gasteiger partial charge in [0.2, 0.25) is 9.04 Å². The first-order valence-corrected chi connectivity index (χ1v) is 7.00. The van der Waals surface area contributed by atoms with Gasteiger partial charge in [-0.05, 0) is 25.2 Å². The molecule has 0 aliphatic rings. The van der Waals surface area contributed by atoms with E-state index in [0.29, 0.717) is 5.70 Å². The zero-order chi connectivity index (χ0) is 9.68. The van der Waals surface area contributed by atoms with Crippen molar-refractivity contribution in [3.8, 4) is 0 Å². The Balaban J connectivity index is 2.50. The average molecular weight is 194 g/mol. The van der Waals surface area contributed by atoms with Gasteiger partial charge in [0, 0.05) is 6.20 Å². The quantitative estimate of drug-likeness (QED) is 0.583. The van der Waals surface area contributed by atoms with Crippen LogP contribution in [0.15, 0.2) is 31.0 Å². The molecule has 1 aromatic rings. The van der Waals surface area contributed by atoms with E-state index < -0.39 is 9.04 Å². The fraction of sp³-hybridized carbons (Fsp3) is 0.222. The molecule has 0 amide bonds. The number of hydrogen-bond donors (Lipinski definition) is 1. The molecule has 0 atom stereocenters. The lowest BCUT2D eigenvalue weighted by Crippen LogP contribution is -2.21. The van der Waals surface area contributed by atoms with Gasteiger partial charge in [-0.2, -0.15) is 0 Å². The third-order valence-electron chi connectivity index (χ3n) is 1.39. The molecule has 1 heterocycles. The zero-order valence-electron chi connectivity index (χ0n) is 7.95. The van der Waals surface area contributed by atoms with Crippen LogP contribution in [0.1, 0.15) is 5.69 Å². The fourth-order valence-corrected chi connectivity index (χ4v) is 1.16. The van der Waals surface area contributed by atoms with Crippen LogP contribution >= 0.6 is 0 Å². The Morgan fingerprint density at radius 3 is 2.85 bits per heavy atom. The molecular weight excluding hydrogens is 180 g/mol. The van der Waals surface area contributed by atoms with Crippen LogP contribution in [0.25, 0.3) is 5.70 Å². The Labute approximate surface area is 80.1 Å². The van der Waals surface area contributed by atoms with Crippen LogP contribution in [0.2, 0.25) is 13.1 Å². The van der Waals surface area contributed by atoms with E-state index in [0.717, 1.165) is 5.69 Å². The van der Waals surface area contributed by atoms with E-state index in [1.165, 1.54) is 0 Å². The van der Waals surface area contributed by atoms with Crippen molar-refractivity contribution >= 4 is 14.7 Å². The third kappa shape index (κ3) is 3.39. The van der Waals surface area contributed by atoms with Gasteiger partial charge in [0.25, 0.3) is 0 Å². The molecule has 0 aliphatic carbocycles. The molecule has 0 fully saturated rings. The first-order chi connectivity index (χ1) is 6.20. The topological polar surface area (TPSA) is 34.1 Å². The molecule has 0 aromatic carbocycles. The van der Waals surface area contributed by atoms with Crippen molar-refractivity contribution in [3.63, 3.8) is 0 Å². The minimum Gasteiger partial charge on any atom is -0.326 e. The highest BCUT2D eigenvalue weighted by molar-refractivity contribution is 6.48. The molecule has 1 N–H and O–H groups in total. The van der Waals surface area contributed by atoms with Crippen molar-refractivity contribution < 1.29 is 4.53 Å². The SMILES string of the molecule is C=C(NO[SiH](C)C)c1ccccn1. The van der Waals surface area contributed by atoms with Crippen molar-refractivity contribution in [2.45, 2.75) is 13.1 Å².